The summed E-state index contributed by atoms with van der Waals surface area (Å²) in [7, 11) is 1.61. The van der Waals surface area contributed by atoms with Crippen LogP contribution < -0.4 is 0 Å². The van der Waals surface area contributed by atoms with Gasteiger partial charge in [0, 0.05) is 13.5 Å². The molecule has 0 amide bonds. The molecule has 0 radical (unpaired) electrons. The maximum absolute atomic E-state index is 10.9. The van der Waals surface area contributed by atoms with Gasteiger partial charge in [-0.15, -0.1) is 0 Å². The van der Waals surface area contributed by atoms with E-state index < -0.39 is 11.6 Å². The third-order valence-corrected chi connectivity index (χ3v) is 3.39. The fraction of sp³-hybridized carbons (Fsp3) is 0.462. The van der Waals surface area contributed by atoms with E-state index in [1.54, 1.807) is 7.11 Å². The minimum atomic E-state index is -0.791. The zero-order chi connectivity index (χ0) is 11.6. The molecule has 86 valence electrons. The second-order valence-electron chi connectivity index (χ2n) is 4.40. The van der Waals surface area contributed by atoms with E-state index in [4.69, 9.17) is 9.84 Å². The molecule has 1 aliphatic rings. The second kappa shape index (κ2) is 4.26. The average molecular weight is 220 g/mol. The number of benzene rings is 1. The molecule has 16 heavy (non-hydrogen) atoms. The first-order chi connectivity index (χ1) is 7.65. The summed E-state index contributed by atoms with van der Waals surface area (Å²) in [4.78, 5) is 10.9. The number of aliphatic carboxylic acids is 1. The predicted octanol–water partition coefficient (Wildman–Crippen LogP) is 2.04. The molecular formula is C13H16O3. The number of fused-ring (bicyclic) bond motifs is 1. The van der Waals surface area contributed by atoms with Gasteiger partial charge in [-0.05, 0) is 24.0 Å². The summed E-state index contributed by atoms with van der Waals surface area (Å²) >= 11 is 0. The lowest BCUT2D eigenvalue weighted by molar-refractivity contribution is -0.144. The molecule has 2 rings (SSSR count). The Hall–Kier alpha value is -1.35. The van der Waals surface area contributed by atoms with Gasteiger partial charge >= 0.3 is 5.97 Å². The van der Waals surface area contributed by atoms with Crippen molar-refractivity contribution in [2.75, 3.05) is 7.11 Å². The third kappa shape index (κ3) is 2.09. The van der Waals surface area contributed by atoms with E-state index in [0.29, 0.717) is 6.42 Å². The Kier molecular flexibility index (Phi) is 2.97. The van der Waals surface area contributed by atoms with E-state index >= 15 is 0 Å². The third-order valence-electron chi connectivity index (χ3n) is 3.39. The van der Waals surface area contributed by atoms with Crippen molar-refractivity contribution >= 4 is 5.97 Å². The Morgan fingerprint density at radius 3 is 2.75 bits per heavy atom. The summed E-state index contributed by atoms with van der Waals surface area (Å²) in [6, 6.07) is 8.18. The van der Waals surface area contributed by atoms with E-state index in [1.165, 1.54) is 11.1 Å². The van der Waals surface area contributed by atoms with Gasteiger partial charge < -0.3 is 9.84 Å². The number of carbonyl (C=O) groups is 1. The van der Waals surface area contributed by atoms with Crippen molar-refractivity contribution in [2.24, 2.45) is 0 Å². The highest BCUT2D eigenvalue weighted by atomic mass is 16.5. The summed E-state index contributed by atoms with van der Waals surface area (Å²) in [6.07, 6.45) is 2.47. The van der Waals surface area contributed by atoms with Gasteiger partial charge in [0.1, 0.15) is 0 Å². The zero-order valence-electron chi connectivity index (χ0n) is 9.40. The molecule has 1 aromatic carbocycles. The van der Waals surface area contributed by atoms with Crippen LogP contribution in [0.5, 0.6) is 0 Å². The van der Waals surface area contributed by atoms with Crippen molar-refractivity contribution in [2.45, 2.75) is 31.3 Å². The Morgan fingerprint density at radius 1 is 1.44 bits per heavy atom. The lowest BCUT2D eigenvalue weighted by atomic mass is 9.78. The van der Waals surface area contributed by atoms with Crippen LogP contribution in [-0.2, 0) is 22.4 Å². The van der Waals surface area contributed by atoms with Crippen LogP contribution in [0, 0.1) is 0 Å². The van der Waals surface area contributed by atoms with Gasteiger partial charge in [-0.25, -0.2) is 0 Å². The first-order valence-electron chi connectivity index (χ1n) is 5.49. The standard InChI is InChI=1S/C13H16O3/c1-16-13(9-12(14)15)7-6-10-4-2-3-5-11(10)8-13/h2-5H,6-9H2,1H3,(H,14,15). The summed E-state index contributed by atoms with van der Waals surface area (Å²) < 4.78 is 5.47. The first kappa shape index (κ1) is 11.1. The van der Waals surface area contributed by atoms with Crippen molar-refractivity contribution in [1.82, 2.24) is 0 Å². The summed E-state index contributed by atoms with van der Waals surface area (Å²) in [6.45, 7) is 0. The van der Waals surface area contributed by atoms with Crippen molar-refractivity contribution in [3.05, 3.63) is 35.4 Å². The smallest absolute Gasteiger partial charge is 0.306 e. The van der Waals surface area contributed by atoms with E-state index in [0.717, 1.165) is 12.8 Å². The molecule has 1 unspecified atom stereocenters. The van der Waals surface area contributed by atoms with Crippen LogP contribution in [0.2, 0.25) is 0 Å². The maximum atomic E-state index is 10.9. The Labute approximate surface area is 95.0 Å². The lowest BCUT2D eigenvalue weighted by Crippen LogP contribution is -2.40. The molecule has 0 spiro atoms. The zero-order valence-corrected chi connectivity index (χ0v) is 9.40. The molecule has 0 aliphatic heterocycles. The molecular weight excluding hydrogens is 204 g/mol. The fourth-order valence-electron chi connectivity index (χ4n) is 2.44. The number of aryl methyl sites for hydroxylation is 1. The monoisotopic (exact) mass is 220 g/mol. The number of hydrogen-bond donors (Lipinski definition) is 1. The van der Waals surface area contributed by atoms with Gasteiger partial charge in [0.15, 0.2) is 0 Å². The number of methoxy groups -OCH3 is 1. The van der Waals surface area contributed by atoms with E-state index in [9.17, 15) is 4.79 Å². The molecule has 1 aliphatic carbocycles. The maximum Gasteiger partial charge on any atom is 0.306 e. The van der Waals surface area contributed by atoms with Crippen LogP contribution in [0.4, 0.5) is 0 Å². The van der Waals surface area contributed by atoms with Crippen LogP contribution in [0.25, 0.3) is 0 Å². The normalized spacial score (nSPS) is 23.8. The molecule has 3 heteroatoms. The van der Waals surface area contributed by atoms with Crippen LogP contribution in [-0.4, -0.2) is 23.8 Å². The van der Waals surface area contributed by atoms with Crippen molar-refractivity contribution in [1.29, 1.82) is 0 Å². The number of ether oxygens (including phenoxy) is 1. The number of rotatable bonds is 3. The fourth-order valence-corrected chi connectivity index (χ4v) is 2.44. The lowest BCUT2D eigenvalue weighted by Gasteiger charge is -2.35. The van der Waals surface area contributed by atoms with Crippen molar-refractivity contribution < 1.29 is 14.6 Å². The molecule has 0 bridgehead atoms. The summed E-state index contributed by atoms with van der Waals surface area (Å²) in [5, 5.41) is 8.93. The van der Waals surface area contributed by atoms with E-state index in [1.807, 2.05) is 12.1 Å². The minimum Gasteiger partial charge on any atom is -0.481 e. The Morgan fingerprint density at radius 2 is 2.12 bits per heavy atom. The Balaban J connectivity index is 2.24. The largest absolute Gasteiger partial charge is 0.481 e. The predicted molar refractivity (Wildman–Crippen MR) is 60.5 cm³/mol. The van der Waals surface area contributed by atoms with Crippen molar-refractivity contribution in [3.63, 3.8) is 0 Å². The first-order valence-corrected chi connectivity index (χ1v) is 5.49. The summed E-state index contributed by atoms with van der Waals surface area (Å²) in [5.74, 6) is -0.791. The van der Waals surface area contributed by atoms with Gasteiger partial charge in [0.2, 0.25) is 0 Å². The van der Waals surface area contributed by atoms with Gasteiger partial charge in [0.25, 0.3) is 0 Å². The number of carboxylic acid groups (broad SMARTS) is 1. The van der Waals surface area contributed by atoms with Gasteiger partial charge in [-0.2, -0.15) is 0 Å². The van der Waals surface area contributed by atoms with Crippen LogP contribution in [0.3, 0.4) is 0 Å². The second-order valence-corrected chi connectivity index (χ2v) is 4.40. The van der Waals surface area contributed by atoms with Gasteiger partial charge in [0.05, 0.1) is 12.0 Å². The molecule has 1 N–H and O–H groups in total. The molecule has 0 saturated heterocycles. The number of carboxylic acids is 1. The van der Waals surface area contributed by atoms with Crippen molar-refractivity contribution in [3.8, 4) is 0 Å². The quantitative estimate of drug-likeness (QED) is 0.847. The van der Waals surface area contributed by atoms with E-state index in [-0.39, 0.29) is 6.42 Å². The molecule has 0 heterocycles. The highest BCUT2D eigenvalue weighted by Crippen LogP contribution is 2.33. The van der Waals surface area contributed by atoms with Gasteiger partial charge in [-0.1, -0.05) is 24.3 Å². The molecule has 1 atom stereocenters. The SMILES string of the molecule is COC1(CC(=O)O)CCc2ccccc2C1. The topological polar surface area (TPSA) is 46.5 Å². The van der Waals surface area contributed by atoms with Crippen LogP contribution >= 0.6 is 0 Å². The average Bonchev–Trinajstić information content (AvgIpc) is 2.28. The summed E-state index contributed by atoms with van der Waals surface area (Å²) in [5.41, 5.74) is 2.03. The molecule has 0 saturated carbocycles. The van der Waals surface area contributed by atoms with E-state index in [2.05, 4.69) is 12.1 Å². The molecule has 0 aromatic heterocycles. The minimum absolute atomic E-state index is 0.0812. The van der Waals surface area contributed by atoms with Gasteiger partial charge in [-0.3, -0.25) is 4.79 Å². The highest BCUT2D eigenvalue weighted by molar-refractivity contribution is 5.68. The number of hydrogen-bond acceptors (Lipinski definition) is 2. The molecule has 1 aromatic rings. The molecule has 3 nitrogen and oxygen atoms in total. The molecule has 0 fully saturated rings. The van der Waals surface area contributed by atoms with Crippen LogP contribution in [0.1, 0.15) is 24.0 Å². The Bertz CT molecular complexity index is 400. The highest BCUT2D eigenvalue weighted by Gasteiger charge is 2.36. The van der Waals surface area contributed by atoms with Crippen LogP contribution in [0.15, 0.2) is 24.3 Å².